The lowest BCUT2D eigenvalue weighted by Gasteiger charge is -2.36. The molecule has 0 spiro atoms. The first-order valence-corrected chi connectivity index (χ1v) is 10.2. The summed E-state index contributed by atoms with van der Waals surface area (Å²) in [5, 5.41) is 13.9. The number of hydroxylamine groups is 1. The average molecular weight is 416 g/mol. The van der Waals surface area contributed by atoms with Crippen LogP contribution in [0.4, 0.5) is 5.69 Å². The fourth-order valence-corrected chi connectivity index (χ4v) is 4.03. The van der Waals surface area contributed by atoms with Crippen molar-refractivity contribution in [2.45, 2.75) is 18.3 Å². The Kier molecular flexibility index (Phi) is 6.11. The molecule has 0 atom stereocenters. The summed E-state index contributed by atoms with van der Waals surface area (Å²) in [6.45, 7) is 1.05. The summed E-state index contributed by atoms with van der Waals surface area (Å²) in [5.41, 5.74) is 3.24. The van der Waals surface area contributed by atoms with Gasteiger partial charge in [-0.25, -0.2) is 5.48 Å². The van der Waals surface area contributed by atoms with Crippen LogP contribution in [-0.2, 0) is 19.7 Å². The van der Waals surface area contributed by atoms with Crippen LogP contribution in [0.2, 0.25) is 0 Å². The summed E-state index contributed by atoms with van der Waals surface area (Å²) in [7, 11) is 0. The highest BCUT2D eigenvalue weighted by molar-refractivity contribution is 6.00. The predicted octanol–water partition coefficient (Wildman–Crippen LogP) is 4.05. The van der Waals surface area contributed by atoms with Gasteiger partial charge in [-0.15, -0.1) is 0 Å². The number of anilines is 1. The predicted molar refractivity (Wildman–Crippen MR) is 120 cm³/mol. The Bertz CT molecular complexity index is 1130. The van der Waals surface area contributed by atoms with Crippen LogP contribution in [0.5, 0.6) is 0 Å². The molecule has 0 saturated carbocycles. The number of nitrogens with one attached hydrogen (secondary N) is 2. The van der Waals surface area contributed by atoms with Crippen molar-refractivity contribution < 1.29 is 19.5 Å². The number of carbonyl (C=O) groups excluding carboxylic acids is 2. The van der Waals surface area contributed by atoms with E-state index < -0.39 is 11.3 Å². The van der Waals surface area contributed by atoms with Gasteiger partial charge in [-0.3, -0.25) is 14.8 Å². The van der Waals surface area contributed by atoms with E-state index in [1.54, 1.807) is 23.7 Å². The summed E-state index contributed by atoms with van der Waals surface area (Å²) >= 11 is 0. The van der Waals surface area contributed by atoms with Crippen LogP contribution in [0, 0.1) is 0 Å². The molecule has 2 amide bonds. The van der Waals surface area contributed by atoms with Gasteiger partial charge < -0.3 is 10.1 Å². The van der Waals surface area contributed by atoms with Crippen molar-refractivity contribution >= 4 is 34.4 Å². The highest BCUT2D eigenvalue weighted by Gasteiger charge is 2.41. The van der Waals surface area contributed by atoms with Gasteiger partial charge in [0.25, 0.3) is 5.91 Å². The number of hydrogen-bond acceptors (Lipinski definition) is 4. The molecule has 4 rings (SSSR count). The van der Waals surface area contributed by atoms with Crippen molar-refractivity contribution in [3.63, 3.8) is 0 Å². The third kappa shape index (κ3) is 4.50. The quantitative estimate of drug-likeness (QED) is 0.333. The Morgan fingerprint density at radius 1 is 0.935 bits per heavy atom. The number of rotatable bonds is 5. The lowest BCUT2D eigenvalue weighted by atomic mass is 9.73. The second kappa shape index (κ2) is 9.12. The molecule has 1 heterocycles. The lowest BCUT2D eigenvalue weighted by Crippen LogP contribution is -2.44. The first kappa shape index (κ1) is 20.8. The SMILES string of the molecule is O=C(/C=C/c1cccc(NC(=O)C2(c3ccc4ccccc4c3)CCOCC2)c1)NO. The van der Waals surface area contributed by atoms with Crippen molar-refractivity contribution in [1.29, 1.82) is 0 Å². The third-order valence-electron chi connectivity index (χ3n) is 5.76. The summed E-state index contributed by atoms with van der Waals surface area (Å²) in [4.78, 5) is 24.8. The number of benzene rings is 3. The first-order chi connectivity index (χ1) is 15.1. The van der Waals surface area contributed by atoms with E-state index in [9.17, 15) is 9.59 Å². The van der Waals surface area contributed by atoms with Crippen LogP contribution in [0.25, 0.3) is 16.8 Å². The molecular formula is C25H24N2O4. The van der Waals surface area contributed by atoms with Gasteiger partial charge in [-0.1, -0.05) is 54.6 Å². The van der Waals surface area contributed by atoms with Crippen LogP contribution in [0.15, 0.2) is 72.8 Å². The van der Waals surface area contributed by atoms with Gasteiger partial charge in [-0.2, -0.15) is 0 Å². The summed E-state index contributed by atoms with van der Waals surface area (Å²) in [6.07, 6.45) is 3.99. The van der Waals surface area contributed by atoms with Gasteiger partial charge in [0.15, 0.2) is 0 Å². The molecule has 0 radical (unpaired) electrons. The Hall–Kier alpha value is -3.48. The van der Waals surface area contributed by atoms with Crippen LogP contribution in [0.3, 0.4) is 0 Å². The maximum absolute atomic E-state index is 13.6. The first-order valence-electron chi connectivity index (χ1n) is 10.2. The van der Waals surface area contributed by atoms with Crippen LogP contribution >= 0.6 is 0 Å². The van der Waals surface area contributed by atoms with E-state index in [1.807, 2.05) is 30.3 Å². The average Bonchev–Trinajstić information content (AvgIpc) is 2.82. The van der Waals surface area contributed by atoms with E-state index >= 15 is 0 Å². The molecule has 0 aromatic heterocycles. The number of carbonyl (C=O) groups is 2. The molecule has 1 fully saturated rings. The zero-order valence-corrected chi connectivity index (χ0v) is 17.0. The molecule has 3 aromatic carbocycles. The van der Waals surface area contributed by atoms with E-state index in [1.165, 1.54) is 6.08 Å². The molecule has 0 unspecified atom stereocenters. The normalized spacial score (nSPS) is 15.6. The standard InChI is InChI=1S/C25H24N2O4/c28-23(27-30)11-8-18-4-3-7-22(16-18)26-24(29)25(12-14-31-15-13-25)21-10-9-19-5-1-2-6-20(19)17-21/h1-11,16-17,30H,12-15H2,(H,26,29)(H,27,28)/b11-8+. The Balaban J connectivity index is 1.63. The van der Waals surface area contributed by atoms with Crippen LogP contribution < -0.4 is 10.8 Å². The highest BCUT2D eigenvalue weighted by atomic mass is 16.5. The minimum Gasteiger partial charge on any atom is -0.381 e. The van der Waals surface area contributed by atoms with Crippen LogP contribution in [-0.4, -0.2) is 30.2 Å². The van der Waals surface area contributed by atoms with Gasteiger partial charge in [0, 0.05) is 25.0 Å². The highest BCUT2D eigenvalue weighted by Crippen LogP contribution is 2.37. The molecule has 31 heavy (non-hydrogen) atoms. The zero-order valence-electron chi connectivity index (χ0n) is 17.0. The van der Waals surface area contributed by atoms with Crippen LogP contribution in [0.1, 0.15) is 24.0 Å². The molecule has 6 heteroatoms. The topological polar surface area (TPSA) is 87.7 Å². The van der Waals surface area contributed by atoms with Gasteiger partial charge in [-0.05, 0) is 52.9 Å². The summed E-state index contributed by atoms with van der Waals surface area (Å²) in [5.74, 6) is -0.688. The molecule has 0 aliphatic carbocycles. The molecule has 1 saturated heterocycles. The van der Waals surface area contributed by atoms with Crippen molar-refractivity contribution in [1.82, 2.24) is 5.48 Å². The van der Waals surface area contributed by atoms with E-state index in [-0.39, 0.29) is 5.91 Å². The summed E-state index contributed by atoms with van der Waals surface area (Å²) < 4.78 is 5.57. The van der Waals surface area contributed by atoms with Crippen molar-refractivity contribution in [3.05, 3.63) is 83.9 Å². The smallest absolute Gasteiger partial charge is 0.267 e. The molecule has 6 nitrogen and oxygen atoms in total. The maximum Gasteiger partial charge on any atom is 0.267 e. The van der Waals surface area contributed by atoms with Crippen molar-refractivity contribution in [3.8, 4) is 0 Å². The van der Waals surface area contributed by atoms with E-state index in [0.717, 1.165) is 21.9 Å². The number of ether oxygens (including phenoxy) is 1. The zero-order chi connectivity index (χ0) is 21.7. The maximum atomic E-state index is 13.6. The van der Waals surface area contributed by atoms with Gasteiger partial charge in [0.2, 0.25) is 5.91 Å². The number of amides is 2. The molecule has 1 aliphatic rings. The second-order valence-electron chi connectivity index (χ2n) is 7.65. The van der Waals surface area contributed by atoms with E-state index in [4.69, 9.17) is 9.94 Å². The molecule has 158 valence electrons. The fourth-order valence-electron chi connectivity index (χ4n) is 4.03. The largest absolute Gasteiger partial charge is 0.381 e. The van der Waals surface area contributed by atoms with E-state index in [0.29, 0.717) is 31.7 Å². The Labute approximate surface area is 180 Å². The fraction of sp³-hybridized carbons (Fsp3) is 0.200. The Morgan fingerprint density at radius 2 is 1.71 bits per heavy atom. The van der Waals surface area contributed by atoms with Crippen molar-refractivity contribution in [2.75, 3.05) is 18.5 Å². The minimum atomic E-state index is -0.676. The molecule has 0 bridgehead atoms. The molecule has 3 aromatic rings. The monoisotopic (exact) mass is 416 g/mol. The van der Waals surface area contributed by atoms with Gasteiger partial charge >= 0.3 is 0 Å². The Morgan fingerprint density at radius 3 is 2.48 bits per heavy atom. The molecular weight excluding hydrogens is 392 g/mol. The molecule has 3 N–H and O–H groups in total. The number of fused-ring (bicyclic) bond motifs is 1. The third-order valence-corrected chi connectivity index (χ3v) is 5.76. The number of hydrogen-bond donors (Lipinski definition) is 3. The van der Waals surface area contributed by atoms with Gasteiger partial charge in [0.05, 0.1) is 5.41 Å². The van der Waals surface area contributed by atoms with Crippen molar-refractivity contribution in [2.24, 2.45) is 0 Å². The molecule has 1 aliphatic heterocycles. The summed E-state index contributed by atoms with van der Waals surface area (Å²) in [6, 6.07) is 21.5. The van der Waals surface area contributed by atoms with Gasteiger partial charge in [0.1, 0.15) is 0 Å². The second-order valence-corrected chi connectivity index (χ2v) is 7.65. The van der Waals surface area contributed by atoms with E-state index in [2.05, 4.69) is 29.6 Å². The lowest BCUT2D eigenvalue weighted by molar-refractivity contribution is -0.125. The minimum absolute atomic E-state index is 0.0692.